The van der Waals surface area contributed by atoms with Crippen LogP contribution in [0.1, 0.15) is 25.8 Å². The maximum absolute atomic E-state index is 13.2. The van der Waals surface area contributed by atoms with Crippen LogP contribution in [0.3, 0.4) is 0 Å². The van der Waals surface area contributed by atoms with Crippen molar-refractivity contribution in [3.8, 4) is 0 Å². The highest BCUT2D eigenvalue weighted by atomic mass is 35.5. The topological polar surface area (TPSA) is 86.8 Å². The van der Waals surface area contributed by atoms with Crippen molar-refractivity contribution in [1.82, 2.24) is 14.5 Å². The van der Waals surface area contributed by atoms with Gasteiger partial charge in [-0.05, 0) is 55.3 Å². The molecule has 0 saturated carbocycles. The first-order valence-corrected chi connectivity index (χ1v) is 12.8. The van der Waals surface area contributed by atoms with E-state index in [2.05, 4.69) is 5.32 Å². The summed E-state index contributed by atoms with van der Waals surface area (Å²) in [7, 11) is -2.65. The van der Waals surface area contributed by atoms with Crippen LogP contribution in [0.4, 0.5) is 0 Å². The SMILES string of the molecule is CCCNC(=O)C(C)N(Cc1ccc(Cl)cc1Cl)C(=O)CN(C)S(=O)(=O)c1ccc(Cl)cc1. The molecule has 0 aliphatic rings. The number of hydrogen-bond donors (Lipinski definition) is 1. The zero-order chi connectivity index (χ0) is 24.8. The first kappa shape index (κ1) is 27.4. The maximum atomic E-state index is 13.2. The molecule has 1 atom stereocenters. The van der Waals surface area contributed by atoms with Crippen LogP contribution in [0.5, 0.6) is 0 Å². The Morgan fingerprint density at radius 3 is 2.21 bits per heavy atom. The zero-order valence-corrected chi connectivity index (χ0v) is 21.6. The largest absolute Gasteiger partial charge is 0.354 e. The Hall–Kier alpha value is -1.84. The first-order chi connectivity index (χ1) is 15.5. The number of rotatable bonds is 10. The normalized spacial score (nSPS) is 12.5. The Bertz CT molecular complexity index is 1090. The van der Waals surface area contributed by atoms with Crippen molar-refractivity contribution < 1.29 is 18.0 Å². The molecule has 0 aromatic heterocycles. The minimum atomic E-state index is -3.95. The minimum absolute atomic E-state index is 0.00299. The van der Waals surface area contributed by atoms with Crippen molar-refractivity contribution in [3.63, 3.8) is 0 Å². The summed E-state index contributed by atoms with van der Waals surface area (Å²) >= 11 is 18.1. The Kier molecular flexibility index (Phi) is 10.00. The summed E-state index contributed by atoms with van der Waals surface area (Å²) in [5, 5.41) is 3.93. The lowest BCUT2D eigenvalue weighted by molar-refractivity contribution is -0.140. The van der Waals surface area contributed by atoms with Crippen molar-refractivity contribution in [3.05, 3.63) is 63.1 Å². The van der Waals surface area contributed by atoms with E-state index in [4.69, 9.17) is 34.8 Å². The van der Waals surface area contributed by atoms with Gasteiger partial charge in [-0.2, -0.15) is 4.31 Å². The van der Waals surface area contributed by atoms with Crippen LogP contribution in [0, 0.1) is 0 Å². The zero-order valence-electron chi connectivity index (χ0n) is 18.5. The van der Waals surface area contributed by atoms with Crippen LogP contribution < -0.4 is 5.32 Å². The fraction of sp³-hybridized carbons (Fsp3) is 0.364. The number of benzene rings is 2. The Morgan fingerprint density at radius 2 is 1.64 bits per heavy atom. The molecule has 180 valence electrons. The molecule has 0 heterocycles. The molecule has 11 heteroatoms. The van der Waals surface area contributed by atoms with Gasteiger partial charge in [0.05, 0.1) is 11.4 Å². The van der Waals surface area contributed by atoms with E-state index in [1.807, 2.05) is 6.92 Å². The standard InChI is InChI=1S/C22H26Cl3N3O4S/c1-4-11-26-22(30)15(2)28(13-16-5-6-18(24)12-20(16)25)21(29)14-27(3)33(31,32)19-9-7-17(23)8-10-19/h5-10,12,15H,4,11,13-14H2,1-3H3,(H,26,30). The van der Waals surface area contributed by atoms with E-state index in [1.165, 1.54) is 36.2 Å². The van der Waals surface area contributed by atoms with Crippen LogP contribution in [0.15, 0.2) is 47.4 Å². The number of halogens is 3. The predicted octanol–water partition coefficient (Wildman–Crippen LogP) is 4.21. The number of amides is 2. The van der Waals surface area contributed by atoms with Crippen LogP contribution in [-0.4, -0.2) is 55.6 Å². The minimum Gasteiger partial charge on any atom is -0.354 e. The number of carbonyl (C=O) groups is 2. The average Bonchev–Trinajstić information content (AvgIpc) is 2.76. The van der Waals surface area contributed by atoms with E-state index in [1.54, 1.807) is 25.1 Å². The molecule has 0 fully saturated rings. The second-order valence-corrected chi connectivity index (χ2v) is 10.8. The monoisotopic (exact) mass is 533 g/mol. The second-order valence-electron chi connectivity index (χ2n) is 7.44. The van der Waals surface area contributed by atoms with E-state index in [0.29, 0.717) is 27.2 Å². The van der Waals surface area contributed by atoms with Crippen LogP contribution >= 0.6 is 34.8 Å². The highest BCUT2D eigenvalue weighted by molar-refractivity contribution is 7.89. The van der Waals surface area contributed by atoms with Crippen molar-refractivity contribution in [2.24, 2.45) is 0 Å². The van der Waals surface area contributed by atoms with E-state index < -0.39 is 28.5 Å². The molecule has 0 saturated heterocycles. The molecular weight excluding hydrogens is 509 g/mol. The van der Waals surface area contributed by atoms with Gasteiger partial charge in [0.1, 0.15) is 6.04 Å². The Labute approximate surface area is 209 Å². The maximum Gasteiger partial charge on any atom is 0.243 e. The summed E-state index contributed by atoms with van der Waals surface area (Å²) in [4.78, 5) is 27.1. The summed E-state index contributed by atoms with van der Waals surface area (Å²) in [5.41, 5.74) is 0.577. The van der Waals surface area contributed by atoms with Crippen molar-refractivity contribution >= 4 is 56.6 Å². The third kappa shape index (κ3) is 7.32. The second kappa shape index (κ2) is 12.0. The number of hydrogen-bond acceptors (Lipinski definition) is 4. The van der Waals surface area contributed by atoms with Gasteiger partial charge in [-0.3, -0.25) is 9.59 Å². The van der Waals surface area contributed by atoms with E-state index in [-0.39, 0.29) is 17.3 Å². The molecule has 7 nitrogen and oxygen atoms in total. The van der Waals surface area contributed by atoms with Gasteiger partial charge in [0.15, 0.2) is 0 Å². The highest BCUT2D eigenvalue weighted by Crippen LogP contribution is 2.24. The summed E-state index contributed by atoms with van der Waals surface area (Å²) in [6.45, 7) is 3.49. The lowest BCUT2D eigenvalue weighted by atomic mass is 10.1. The van der Waals surface area contributed by atoms with Gasteiger partial charge in [0.2, 0.25) is 21.8 Å². The number of carbonyl (C=O) groups excluding carboxylic acids is 2. The number of nitrogens with zero attached hydrogens (tertiary/aromatic N) is 2. The van der Waals surface area contributed by atoms with E-state index in [9.17, 15) is 18.0 Å². The average molecular weight is 535 g/mol. The molecule has 1 unspecified atom stereocenters. The quantitative estimate of drug-likeness (QED) is 0.495. The van der Waals surface area contributed by atoms with Crippen LogP contribution in [0.25, 0.3) is 0 Å². The molecule has 2 aromatic rings. The molecule has 2 rings (SSSR count). The van der Waals surface area contributed by atoms with Gasteiger partial charge in [-0.1, -0.05) is 47.8 Å². The van der Waals surface area contributed by atoms with Gasteiger partial charge in [-0.15, -0.1) is 0 Å². The molecule has 1 N–H and O–H groups in total. The number of sulfonamides is 1. The lowest BCUT2D eigenvalue weighted by Gasteiger charge is -2.30. The molecule has 0 radical (unpaired) electrons. The van der Waals surface area contributed by atoms with E-state index >= 15 is 0 Å². The Balaban J connectivity index is 2.29. The molecular formula is C22H26Cl3N3O4S. The first-order valence-electron chi connectivity index (χ1n) is 10.2. The molecule has 0 spiro atoms. The van der Waals surface area contributed by atoms with Gasteiger partial charge < -0.3 is 10.2 Å². The third-order valence-electron chi connectivity index (χ3n) is 4.95. The highest BCUT2D eigenvalue weighted by Gasteiger charge is 2.30. The molecule has 2 aromatic carbocycles. The van der Waals surface area contributed by atoms with Crippen molar-refractivity contribution in [2.45, 2.75) is 37.8 Å². The number of nitrogens with one attached hydrogen (secondary N) is 1. The predicted molar refractivity (Wildman–Crippen MR) is 131 cm³/mol. The fourth-order valence-electron chi connectivity index (χ4n) is 2.96. The summed E-state index contributed by atoms with van der Waals surface area (Å²) in [6, 6.07) is 9.62. The van der Waals surface area contributed by atoms with Gasteiger partial charge in [0.25, 0.3) is 0 Å². The van der Waals surface area contributed by atoms with Gasteiger partial charge in [-0.25, -0.2) is 8.42 Å². The van der Waals surface area contributed by atoms with Crippen LogP contribution in [-0.2, 0) is 26.2 Å². The third-order valence-corrected chi connectivity index (χ3v) is 7.61. The van der Waals surface area contributed by atoms with Gasteiger partial charge in [0, 0.05) is 35.2 Å². The summed E-state index contributed by atoms with van der Waals surface area (Å²) in [6.07, 6.45) is 0.734. The molecule has 0 bridgehead atoms. The van der Waals surface area contributed by atoms with Crippen molar-refractivity contribution in [1.29, 1.82) is 0 Å². The molecule has 0 aliphatic heterocycles. The van der Waals surface area contributed by atoms with E-state index in [0.717, 1.165) is 10.7 Å². The van der Waals surface area contributed by atoms with Gasteiger partial charge >= 0.3 is 0 Å². The fourth-order valence-corrected chi connectivity index (χ4v) is 4.68. The van der Waals surface area contributed by atoms with Crippen molar-refractivity contribution in [2.75, 3.05) is 20.1 Å². The molecule has 0 aliphatic carbocycles. The number of likely N-dealkylation sites (N-methyl/N-ethyl adjacent to an activating group) is 1. The Morgan fingerprint density at radius 1 is 1.03 bits per heavy atom. The molecule has 33 heavy (non-hydrogen) atoms. The smallest absolute Gasteiger partial charge is 0.243 e. The summed E-state index contributed by atoms with van der Waals surface area (Å²) in [5.74, 6) is -0.904. The lowest BCUT2D eigenvalue weighted by Crippen LogP contribution is -2.50. The molecule has 2 amide bonds. The van der Waals surface area contributed by atoms with Crippen LogP contribution in [0.2, 0.25) is 15.1 Å². The summed E-state index contributed by atoms with van der Waals surface area (Å²) < 4.78 is 26.7.